The molecule has 150 valence electrons. The highest BCUT2D eigenvalue weighted by Gasteiger charge is 2.14. The van der Waals surface area contributed by atoms with Crippen molar-refractivity contribution in [1.82, 2.24) is 15.0 Å². The SMILES string of the molecule is CCOC(=O)c1ccc(N(CCc2ccc3nc(N)[nH]c(=O)c3n2)C(C)=O)cc1. The maximum absolute atomic E-state index is 12.1. The third-order valence-electron chi connectivity index (χ3n) is 4.29. The second-order valence-corrected chi connectivity index (χ2v) is 6.31. The summed E-state index contributed by atoms with van der Waals surface area (Å²) in [6, 6.07) is 10.0. The maximum Gasteiger partial charge on any atom is 0.338 e. The van der Waals surface area contributed by atoms with Crippen LogP contribution in [0.1, 0.15) is 29.9 Å². The van der Waals surface area contributed by atoms with E-state index in [0.717, 1.165) is 0 Å². The average molecular weight is 395 g/mol. The van der Waals surface area contributed by atoms with Gasteiger partial charge in [-0.2, -0.15) is 0 Å². The van der Waals surface area contributed by atoms with Crippen molar-refractivity contribution < 1.29 is 14.3 Å². The van der Waals surface area contributed by atoms with Crippen LogP contribution in [0.25, 0.3) is 11.0 Å². The fraction of sp³-hybridized carbons (Fsp3) is 0.250. The van der Waals surface area contributed by atoms with Crippen LogP contribution >= 0.6 is 0 Å². The molecule has 9 heteroatoms. The maximum atomic E-state index is 12.1. The minimum atomic E-state index is -0.410. The molecule has 0 saturated heterocycles. The van der Waals surface area contributed by atoms with Gasteiger partial charge in [-0.25, -0.2) is 14.8 Å². The number of benzene rings is 1. The van der Waals surface area contributed by atoms with E-state index >= 15 is 0 Å². The summed E-state index contributed by atoms with van der Waals surface area (Å²) in [7, 11) is 0. The molecule has 1 amide bonds. The van der Waals surface area contributed by atoms with Crippen molar-refractivity contribution in [3.63, 3.8) is 0 Å². The molecule has 29 heavy (non-hydrogen) atoms. The van der Waals surface area contributed by atoms with E-state index in [2.05, 4.69) is 15.0 Å². The van der Waals surface area contributed by atoms with Gasteiger partial charge in [0, 0.05) is 31.3 Å². The molecule has 0 aliphatic carbocycles. The van der Waals surface area contributed by atoms with Crippen molar-refractivity contribution in [2.45, 2.75) is 20.3 Å². The zero-order chi connectivity index (χ0) is 21.0. The summed E-state index contributed by atoms with van der Waals surface area (Å²) >= 11 is 0. The number of hydrogen-bond acceptors (Lipinski definition) is 7. The molecule has 0 saturated carbocycles. The van der Waals surface area contributed by atoms with Gasteiger partial charge in [-0.15, -0.1) is 0 Å². The average Bonchev–Trinajstić information content (AvgIpc) is 2.69. The molecule has 0 aliphatic rings. The molecule has 2 aromatic heterocycles. The summed E-state index contributed by atoms with van der Waals surface area (Å²) in [5.41, 5.74) is 7.45. The minimum absolute atomic E-state index is 0.0334. The zero-order valence-corrected chi connectivity index (χ0v) is 16.1. The van der Waals surface area contributed by atoms with Gasteiger partial charge in [-0.3, -0.25) is 14.6 Å². The quantitative estimate of drug-likeness (QED) is 0.607. The summed E-state index contributed by atoms with van der Waals surface area (Å²) in [4.78, 5) is 48.3. The number of pyridine rings is 1. The fourth-order valence-electron chi connectivity index (χ4n) is 2.91. The van der Waals surface area contributed by atoms with Crippen LogP contribution in [0, 0.1) is 0 Å². The molecule has 0 aliphatic heterocycles. The lowest BCUT2D eigenvalue weighted by Crippen LogP contribution is -2.30. The highest BCUT2D eigenvalue weighted by molar-refractivity contribution is 5.93. The first-order chi connectivity index (χ1) is 13.9. The highest BCUT2D eigenvalue weighted by Crippen LogP contribution is 2.17. The first kappa shape index (κ1) is 20.0. The predicted molar refractivity (Wildman–Crippen MR) is 109 cm³/mol. The number of ether oxygens (including phenoxy) is 1. The van der Waals surface area contributed by atoms with Gasteiger partial charge in [-0.1, -0.05) is 0 Å². The standard InChI is InChI=1S/C20H21N5O4/c1-3-29-19(28)13-4-7-15(8-5-13)25(12(2)26)11-10-14-6-9-16-17(22-14)18(27)24-20(21)23-16/h4-9H,3,10-11H2,1-2H3,(H3,21,23,24,27). The van der Waals surface area contributed by atoms with Crippen LogP contribution in [0.5, 0.6) is 0 Å². The van der Waals surface area contributed by atoms with E-state index in [4.69, 9.17) is 10.5 Å². The zero-order valence-electron chi connectivity index (χ0n) is 16.1. The lowest BCUT2D eigenvalue weighted by molar-refractivity contribution is -0.116. The van der Waals surface area contributed by atoms with Gasteiger partial charge in [0.1, 0.15) is 0 Å². The van der Waals surface area contributed by atoms with Crippen LogP contribution in [0.3, 0.4) is 0 Å². The summed E-state index contributed by atoms with van der Waals surface area (Å²) in [6.07, 6.45) is 0.430. The Bertz CT molecular complexity index is 1110. The number of esters is 1. The highest BCUT2D eigenvalue weighted by atomic mass is 16.5. The summed E-state index contributed by atoms with van der Waals surface area (Å²) in [5, 5.41) is 0. The van der Waals surface area contributed by atoms with E-state index in [1.807, 2.05) is 0 Å². The van der Waals surface area contributed by atoms with Gasteiger partial charge in [0.05, 0.1) is 17.7 Å². The molecule has 0 unspecified atom stereocenters. The fourth-order valence-corrected chi connectivity index (χ4v) is 2.91. The Hall–Kier alpha value is -3.75. The van der Waals surface area contributed by atoms with Gasteiger partial charge >= 0.3 is 5.97 Å². The van der Waals surface area contributed by atoms with Gasteiger partial charge in [0.2, 0.25) is 11.9 Å². The van der Waals surface area contributed by atoms with Crippen molar-refractivity contribution in [2.75, 3.05) is 23.8 Å². The van der Waals surface area contributed by atoms with E-state index in [1.165, 1.54) is 6.92 Å². The van der Waals surface area contributed by atoms with E-state index in [-0.39, 0.29) is 17.4 Å². The Morgan fingerprint density at radius 3 is 2.52 bits per heavy atom. The van der Waals surface area contributed by atoms with E-state index < -0.39 is 11.5 Å². The molecule has 0 spiro atoms. The van der Waals surface area contributed by atoms with E-state index in [0.29, 0.717) is 42.0 Å². The third kappa shape index (κ3) is 4.57. The number of nitrogens with one attached hydrogen (secondary N) is 1. The molecular weight excluding hydrogens is 374 g/mol. The monoisotopic (exact) mass is 395 g/mol. The van der Waals surface area contributed by atoms with E-state index in [1.54, 1.807) is 48.2 Å². The molecule has 9 nitrogen and oxygen atoms in total. The molecule has 2 heterocycles. The topological polar surface area (TPSA) is 131 Å². The van der Waals surface area contributed by atoms with E-state index in [9.17, 15) is 14.4 Å². The van der Waals surface area contributed by atoms with Gasteiger partial charge in [-0.05, 0) is 43.3 Å². The van der Waals surface area contributed by atoms with Crippen molar-refractivity contribution in [3.05, 3.63) is 58.0 Å². The molecule has 3 N–H and O–H groups in total. The predicted octanol–water partition coefficient (Wildman–Crippen LogP) is 1.67. The molecule has 1 aromatic carbocycles. The Labute approximate surface area is 166 Å². The van der Waals surface area contributed by atoms with Crippen LogP contribution < -0.4 is 16.2 Å². The van der Waals surface area contributed by atoms with Gasteiger partial charge < -0.3 is 15.4 Å². The van der Waals surface area contributed by atoms with Crippen LogP contribution in [-0.2, 0) is 16.0 Å². The van der Waals surface area contributed by atoms with Gasteiger partial charge in [0.25, 0.3) is 5.56 Å². The van der Waals surface area contributed by atoms with Crippen LogP contribution in [0.2, 0.25) is 0 Å². The lowest BCUT2D eigenvalue weighted by atomic mass is 10.1. The molecular formula is C20H21N5O4. The number of H-pyrrole nitrogens is 1. The normalized spacial score (nSPS) is 10.7. The first-order valence-electron chi connectivity index (χ1n) is 9.09. The second-order valence-electron chi connectivity index (χ2n) is 6.31. The Balaban J connectivity index is 1.78. The Kier molecular flexibility index (Phi) is 5.87. The number of carbonyl (C=O) groups excluding carboxylic acids is 2. The van der Waals surface area contributed by atoms with Crippen molar-refractivity contribution >= 4 is 34.5 Å². The number of nitrogens with zero attached hydrogens (tertiary/aromatic N) is 3. The van der Waals surface area contributed by atoms with Crippen LogP contribution in [-0.4, -0.2) is 40.0 Å². The Morgan fingerprint density at radius 1 is 1.14 bits per heavy atom. The number of carbonyl (C=O) groups is 2. The largest absolute Gasteiger partial charge is 0.462 e. The number of nitrogen functional groups attached to an aromatic ring is 1. The number of hydrogen-bond donors (Lipinski definition) is 2. The molecule has 0 atom stereocenters. The molecule has 0 fully saturated rings. The summed E-state index contributed by atoms with van der Waals surface area (Å²) < 4.78 is 4.96. The summed E-state index contributed by atoms with van der Waals surface area (Å²) in [6.45, 7) is 3.85. The van der Waals surface area contributed by atoms with Crippen molar-refractivity contribution in [1.29, 1.82) is 0 Å². The number of fused-ring (bicyclic) bond motifs is 1. The number of amides is 1. The number of aromatic amines is 1. The number of anilines is 2. The van der Waals surface area contributed by atoms with Crippen molar-refractivity contribution in [2.24, 2.45) is 0 Å². The molecule has 0 bridgehead atoms. The molecule has 3 aromatic rings. The number of aromatic nitrogens is 3. The Morgan fingerprint density at radius 2 is 1.86 bits per heavy atom. The first-order valence-corrected chi connectivity index (χ1v) is 9.09. The molecule has 0 radical (unpaired) electrons. The summed E-state index contributed by atoms with van der Waals surface area (Å²) in [5.74, 6) is -0.527. The van der Waals surface area contributed by atoms with Gasteiger partial charge in [0.15, 0.2) is 5.52 Å². The molecule has 3 rings (SSSR count). The van der Waals surface area contributed by atoms with Crippen LogP contribution in [0.15, 0.2) is 41.2 Å². The number of nitrogens with two attached hydrogens (primary N) is 1. The minimum Gasteiger partial charge on any atom is -0.462 e. The lowest BCUT2D eigenvalue weighted by Gasteiger charge is -2.21. The smallest absolute Gasteiger partial charge is 0.338 e. The second kappa shape index (κ2) is 8.51. The van der Waals surface area contributed by atoms with Crippen molar-refractivity contribution in [3.8, 4) is 0 Å². The number of rotatable bonds is 6. The third-order valence-corrected chi connectivity index (χ3v) is 4.29. The van der Waals surface area contributed by atoms with Crippen LogP contribution in [0.4, 0.5) is 11.6 Å².